The standard InChI is InChI=1S/C13H17N3O5/c1-3-20-12(18)9-6-8(14)4-5-10(9)21-7(2)11(17)16-13(15)19/h4-7H,3,14H2,1-2H3,(H3,15,16,17,19). The Hall–Kier alpha value is -2.77. The van der Waals surface area contributed by atoms with E-state index in [4.69, 9.17) is 20.9 Å². The Kier molecular flexibility index (Phi) is 5.53. The number of esters is 1. The molecule has 0 radical (unpaired) electrons. The van der Waals surface area contributed by atoms with Crippen molar-refractivity contribution in [2.75, 3.05) is 12.3 Å². The number of ether oxygens (including phenoxy) is 2. The molecule has 114 valence electrons. The zero-order chi connectivity index (χ0) is 16.0. The molecule has 1 atom stereocenters. The van der Waals surface area contributed by atoms with Gasteiger partial charge in [0.1, 0.15) is 11.3 Å². The molecule has 0 saturated carbocycles. The van der Waals surface area contributed by atoms with Crippen molar-refractivity contribution < 1.29 is 23.9 Å². The molecule has 0 fully saturated rings. The quantitative estimate of drug-likeness (QED) is 0.532. The summed E-state index contributed by atoms with van der Waals surface area (Å²) in [5.41, 5.74) is 10.9. The first-order chi connectivity index (χ1) is 9.85. The third-order valence-corrected chi connectivity index (χ3v) is 2.42. The first-order valence-electron chi connectivity index (χ1n) is 6.18. The van der Waals surface area contributed by atoms with Crippen LogP contribution in [0.4, 0.5) is 10.5 Å². The van der Waals surface area contributed by atoms with Crippen molar-refractivity contribution in [3.8, 4) is 5.75 Å². The van der Waals surface area contributed by atoms with Crippen molar-refractivity contribution in [1.29, 1.82) is 0 Å². The Morgan fingerprint density at radius 1 is 1.33 bits per heavy atom. The van der Waals surface area contributed by atoms with E-state index in [9.17, 15) is 14.4 Å². The minimum atomic E-state index is -1.03. The molecule has 0 spiro atoms. The van der Waals surface area contributed by atoms with Gasteiger partial charge in [-0.2, -0.15) is 0 Å². The SMILES string of the molecule is CCOC(=O)c1cc(N)ccc1OC(C)C(=O)NC(N)=O. The summed E-state index contributed by atoms with van der Waals surface area (Å²) in [6.07, 6.45) is -1.03. The third kappa shape index (κ3) is 4.68. The van der Waals surface area contributed by atoms with Crippen LogP contribution in [-0.2, 0) is 9.53 Å². The lowest BCUT2D eigenvalue weighted by molar-refractivity contribution is -0.126. The summed E-state index contributed by atoms with van der Waals surface area (Å²) in [5.74, 6) is -1.23. The van der Waals surface area contributed by atoms with E-state index in [-0.39, 0.29) is 17.9 Å². The van der Waals surface area contributed by atoms with E-state index in [1.807, 2.05) is 5.32 Å². The minimum Gasteiger partial charge on any atom is -0.480 e. The van der Waals surface area contributed by atoms with Crippen LogP contribution in [0.2, 0.25) is 0 Å². The maximum absolute atomic E-state index is 11.8. The number of nitrogens with two attached hydrogens (primary N) is 2. The number of benzene rings is 1. The number of hydrogen-bond acceptors (Lipinski definition) is 6. The van der Waals surface area contributed by atoms with Gasteiger partial charge in [0, 0.05) is 5.69 Å². The average Bonchev–Trinajstić information content (AvgIpc) is 2.40. The molecule has 0 aromatic heterocycles. The predicted octanol–water partition coefficient (Wildman–Crippen LogP) is 0.408. The van der Waals surface area contributed by atoms with Gasteiger partial charge in [-0.15, -0.1) is 0 Å². The Morgan fingerprint density at radius 3 is 2.57 bits per heavy atom. The van der Waals surface area contributed by atoms with Crippen LogP contribution in [0.5, 0.6) is 5.75 Å². The summed E-state index contributed by atoms with van der Waals surface area (Å²) in [7, 11) is 0. The van der Waals surface area contributed by atoms with Crippen molar-refractivity contribution >= 4 is 23.6 Å². The molecule has 0 bridgehead atoms. The summed E-state index contributed by atoms with van der Waals surface area (Å²) in [6.45, 7) is 3.25. The highest BCUT2D eigenvalue weighted by Crippen LogP contribution is 2.23. The van der Waals surface area contributed by atoms with Crippen LogP contribution in [0, 0.1) is 0 Å². The first kappa shape index (κ1) is 16.3. The van der Waals surface area contributed by atoms with Gasteiger partial charge >= 0.3 is 12.0 Å². The molecule has 8 nitrogen and oxygen atoms in total. The molecule has 0 aliphatic carbocycles. The second-order valence-electron chi connectivity index (χ2n) is 4.09. The molecule has 0 aliphatic rings. The van der Waals surface area contributed by atoms with Gasteiger partial charge in [-0.1, -0.05) is 0 Å². The van der Waals surface area contributed by atoms with Crippen LogP contribution in [0.25, 0.3) is 0 Å². The molecule has 1 aromatic rings. The van der Waals surface area contributed by atoms with Crippen molar-refractivity contribution in [3.63, 3.8) is 0 Å². The van der Waals surface area contributed by atoms with E-state index in [0.29, 0.717) is 5.69 Å². The summed E-state index contributed by atoms with van der Waals surface area (Å²) >= 11 is 0. The fourth-order valence-corrected chi connectivity index (χ4v) is 1.49. The van der Waals surface area contributed by atoms with Crippen molar-refractivity contribution in [1.82, 2.24) is 5.32 Å². The Balaban J connectivity index is 2.94. The summed E-state index contributed by atoms with van der Waals surface area (Å²) < 4.78 is 10.2. The fraction of sp³-hybridized carbons (Fsp3) is 0.308. The second kappa shape index (κ2) is 7.13. The van der Waals surface area contributed by atoms with E-state index in [2.05, 4.69) is 0 Å². The molecule has 8 heteroatoms. The van der Waals surface area contributed by atoms with E-state index >= 15 is 0 Å². The van der Waals surface area contributed by atoms with Gasteiger partial charge in [-0.25, -0.2) is 9.59 Å². The van der Waals surface area contributed by atoms with Crippen LogP contribution in [-0.4, -0.2) is 30.6 Å². The molecule has 0 saturated heterocycles. The maximum atomic E-state index is 11.8. The lowest BCUT2D eigenvalue weighted by Crippen LogP contribution is -2.42. The smallest absolute Gasteiger partial charge is 0.341 e. The van der Waals surface area contributed by atoms with Crippen LogP contribution in [0.15, 0.2) is 18.2 Å². The number of hydrogen-bond donors (Lipinski definition) is 3. The second-order valence-corrected chi connectivity index (χ2v) is 4.09. The average molecular weight is 295 g/mol. The number of carbonyl (C=O) groups is 3. The number of amides is 3. The molecular formula is C13H17N3O5. The number of rotatable bonds is 5. The number of urea groups is 1. The largest absolute Gasteiger partial charge is 0.480 e. The van der Waals surface area contributed by atoms with Crippen molar-refractivity contribution in [2.24, 2.45) is 5.73 Å². The molecule has 0 aliphatic heterocycles. The minimum absolute atomic E-state index is 0.0931. The molecule has 1 rings (SSSR count). The van der Waals surface area contributed by atoms with Crippen molar-refractivity contribution in [3.05, 3.63) is 23.8 Å². The van der Waals surface area contributed by atoms with Gasteiger partial charge < -0.3 is 20.9 Å². The molecule has 21 heavy (non-hydrogen) atoms. The van der Waals surface area contributed by atoms with Gasteiger partial charge in [0.15, 0.2) is 6.10 Å². The van der Waals surface area contributed by atoms with Crippen LogP contribution in [0.3, 0.4) is 0 Å². The van der Waals surface area contributed by atoms with E-state index < -0.39 is 24.0 Å². The van der Waals surface area contributed by atoms with Crippen molar-refractivity contribution in [2.45, 2.75) is 20.0 Å². The number of primary amides is 1. The fourth-order valence-electron chi connectivity index (χ4n) is 1.49. The van der Waals surface area contributed by atoms with E-state index in [1.165, 1.54) is 25.1 Å². The lowest BCUT2D eigenvalue weighted by atomic mass is 10.1. The maximum Gasteiger partial charge on any atom is 0.341 e. The number of nitrogen functional groups attached to an aromatic ring is 1. The molecule has 0 heterocycles. The van der Waals surface area contributed by atoms with E-state index in [1.54, 1.807) is 6.92 Å². The number of carbonyl (C=O) groups excluding carboxylic acids is 3. The van der Waals surface area contributed by atoms with Crippen LogP contribution >= 0.6 is 0 Å². The summed E-state index contributed by atoms with van der Waals surface area (Å²) in [4.78, 5) is 34.0. The molecule has 5 N–H and O–H groups in total. The Morgan fingerprint density at radius 2 is 2.00 bits per heavy atom. The molecular weight excluding hydrogens is 278 g/mol. The first-order valence-corrected chi connectivity index (χ1v) is 6.18. The predicted molar refractivity (Wildman–Crippen MR) is 74.6 cm³/mol. The highest BCUT2D eigenvalue weighted by Gasteiger charge is 2.20. The van der Waals surface area contributed by atoms with Gasteiger partial charge in [0.25, 0.3) is 5.91 Å². The van der Waals surface area contributed by atoms with Crippen LogP contribution in [0.1, 0.15) is 24.2 Å². The molecule has 1 unspecified atom stereocenters. The van der Waals surface area contributed by atoms with Crippen LogP contribution < -0.4 is 21.5 Å². The highest BCUT2D eigenvalue weighted by atomic mass is 16.5. The lowest BCUT2D eigenvalue weighted by Gasteiger charge is -2.16. The third-order valence-electron chi connectivity index (χ3n) is 2.42. The zero-order valence-corrected chi connectivity index (χ0v) is 11.7. The van der Waals surface area contributed by atoms with Gasteiger partial charge in [0.05, 0.1) is 6.61 Å². The topological polar surface area (TPSA) is 134 Å². The summed E-state index contributed by atoms with van der Waals surface area (Å²) in [5, 5.41) is 1.88. The Bertz CT molecular complexity index is 559. The number of anilines is 1. The zero-order valence-electron chi connectivity index (χ0n) is 11.7. The molecule has 1 aromatic carbocycles. The monoisotopic (exact) mass is 295 g/mol. The number of nitrogens with one attached hydrogen (secondary N) is 1. The number of imide groups is 1. The van der Waals surface area contributed by atoms with Gasteiger partial charge in [-0.3, -0.25) is 10.1 Å². The van der Waals surface area contributed by atoms with Gasteiger partial charge in [-0.05, 0) is 32.0 Å². The molecule has 3 amide bonds. The highest BCUT2D eigenvalue weighted by molar-refractivity contribution is 5.96. The Labute approximate surface area is 121 Å². The normalized spacial score (nSPS) is 11.3. The summed E-state index contributed by atoms with van der Waals surface area (Å²) in [6, 6.07) is 3.34. The van der Waals surface area contributed by atoms with Gasteiger partial charge in [0.2, 0.25) is 0 Å². The van der Waals surface area contributed by atoms with E-state index in [0.717, 1.165) is 0 Å².